The number of nitrogen functional groups attached to an aromatic ring is 1. The maximum Gasteiger partial charge on any atom is 0.425 e. The molecule has 3 atom stereocenters. The van der Waals surface area contributed by atoms with E-state index in [9.17, 15) is 14.0 Å². The van der Waals surface area contributed by atoms with Crippen molar-refractivity contribution in [2.45, 2.75) is 96.7 Å². The third kappa shape index (κ3) is 7.94. The SMILES string of the molecule is C#Cc1cccc2cc(N)cc(-c3nc4c5c(nc(OC[C@@]67CCCN6C[C@H](F)C7)nc5c3F)N([C@H](C)c3nccnc3N(C(=O)OC(C)(C)C)C(=O)OC(C)(C)C)CCO4)c12. The standard InChI is InChI=1S/C45H49F2N9O6/c1-9-26-12-10-13-27-20-29(48)21-30(31(26)27)35-33(47)36-32-37(53-40(52-36)60-24-45-14-11-17-54(45)23-28(46)22-45)55(18-19-59-39(32)51-35)25(2)34-38(50-16-15-49-34)56(41(57)61-43(3,4)5)42(58)62-44(6,7)8/h1,10,12-13,15-16,20-21,25,28H,11,14,17-19,22-24,48H2,2-8H3/t25-,28-,45+/m1/s1. The summed E-state index contributed by atoms with van der Waals surface area (Å²) in [5.41, 5.74) is 4.89. The molecule has 3 aromatic heterocycles. The molecule has 17 heteroatoms. The number of halogens is 2. The van der Waals surface area contributed by atoms with Crippen LogP contribution in [0.4, 0.5) is 35.7 Å². The number of alkyl halides is 1. The van der Waals surface area contributed by atoms with Gasteiger partial charge in [-0.3, -0.25) is 9.88 Å². The van der Waals surface area contributed by atoms with Gasteiger partial charge in [-0.15, -0.1) is 6.42 Å². The van der Waals surface area contributed by atoms with Gasteiger partial charge >= 0.3 is 18.2 Å². The van der Waals surface area contributed by atoms with E-state index in [-0.39, 0.29) is 72.0 Å². The van der Waals surface area contributed by atoms with Crippen molar-refractivity contribution in [3.63, 3.8) is 0 Å². The average Bonchev–Trinajstić information content (AvgIpc) is 3.66. The summed E-state index contributed by atoms with van der Waals surface area (Å²) in [6, 6.07) is 7.73. The summed E-state index contributed by atoms with van der Waals surface area (Å²) >= 11 is 0. The van der Waals surface area contributed by atoms with Gasteiger partial charge in [0.15, 0.2) is 11.6 Å². The molecule has 0 unspecified atom stereocenters. The predicted molar refractivity (Wildman–Crippen MR) is 229 cm³/mol. The zero-order valence-corrected chi connectivity index (χ0v) is 35.8. The molecule has 2 amide bonds. The van der Waals surface area contributed by atoms with E-state index in [2.05, 4.69) is 25.8 Å². The molecule has 2 saturated heterocycles. The van der Waals surface area contributed by atoms with Crippen LogP contribution in [0.15, 0.2) is 42.7 Å². The molecule has 3 aliphatic heterocycles. The van der Waals surface area contributed by atoms with Gasteiger partial charge in [0.05, 0.1) is 18.1 Å². The van der Waals surface area contributed by atoms with E-state index in [1.165, 1.54) is 12.4 Å². The zero-order chi connectivity index (χ0) is 44.3. The van der Waals surface area contributed by atoms with E-state index in [0.717, 1.165) is 19.4 Å². The van der Waals surface area contributed by atoms with Crippen molar-refractivity contribution < 1.29 is 37.3 Å². The number of carbonyl (C=O) groups is 2. The van der Waals surface area contributed by atoms with Crippen molar-refractivity contribution in [3.8, 4) is 35.5 Å². The zero-order valence-electron chi connectivity index (χ0n) is 35.8. The Morgan fingerprint density at radius 2 is 1.77 bits per heavy atom. The molecule has 0 saturated carbocycles. The minimum absolute atomic E-state index is 0.0186. The number of nitrogens with two attached hydrogens (primary N) is 1. The summed E-state index contributed by atoms with van der Waals surface area (Å²) in [5, 5.41) is 1.37. The summed E-state index contributed by atoms with van der Waals surface area (Å²) in [5.74, 6) is 1.91. The van der Waals surface area contributed by atoms with E-state index in [1.807, 2.05) is 6.07 Å². The topological polar surface area (TPSA) is 171 Å². The highest BCUT2D eigenvalue weighted by atomic mass is 19.1. The second kappa shape index (κ2) is 15.8. The minimum Gasteiger partial charge on any atom is -0.475 e. The van der Waals surface area contributed by atoms with Crippen molar-refractivity contribution in [1.29, 1.82) is 0 Å². The number of terminal acetylenes is 1. The molecule has 2 aromatic carbocycles. The van der Waals surface area contributed by atoms with Crippen LogP contribution in [0.3, 0.4) is 0 Å². The number of pyridine rings is 1. The second-order valence-electron chi connectivity index (χ2n) is 17.9. The lowest BCUT2D eigenvalue weighted by atomic mass is 9.95. The van der Waals surface area contributed by atoms with E-state index in [4.69, 9.17) is 41.1 Å². The Morgan fingerprint density at radius 3 is 2.48 bits per heavy atom. The van der Waals surface area contributed by atoms with E-state index >= 15 is 4.39 Å². The van der Waals surface area contributed by atoms with Gasteiger partial charge in [-0.25, -0.2) is 28.3 Å². The molecule has 324 valence electrons. The lowest BCUT2D eigenvalue weighted by Gasteiger charge is -2.33. The number of hydrogen-bond acceptors (Lipinski definition) is 14. The first kappa shape index (κ1) is 42.3. The summed E-state index contributed by atoms with van der Waals surface area (Å²) in [7, 11) is 0. The Kier molecular flexibility index (Phi) is 10.8. The number of ether oxygens (including phenoxy) is 4. The predicted octanol–water partition coefficient (Wildman–Crippen LogP) is 7.93. The molecule has 2 fully saturated rings. The third-order valence-electron chi connectivity index (χ3n) is 11.1. The van der Waals surface area contributed by atoms with Crippen LogP contribution in [-0.4, -0.2) is 97.8 Å². The number of fused-ring (bicyclic) bond motifs is 2. The summed E-state index contributed by atoms with van der Waals surface area (Å²) in [6.07, 6.45) is 7.52. The molecule has 0 bridgehead atoms. The third-order valence-corrected chi connectivity index (χ3v) is 11.1. The number of nitrogens with zero attached hydrogens (tertiary/aromatic N) is 8. The molecular weight excluding hydrogens is 801 g/mol. The number of hydrogen-bond donors (Lipinski definition) is 1. The maximum atomic E-state index is 17.6. The molecule has 15 nitrogen and oxygen atoms in total. The Labute approximate surface area is 357 Å². The number of anilines is 3. The Bertz CT molecular complexity index is 2620. The Morgan fingerprint density at radius 1 is 1.05 bits per heavy atom. The number of imide groups is 1. The fraction of sp³-hybridized carbons (Fsp3) is 0.444. The normalized spacial score (nSPS) is 19.4. The monoisotopic (exact) mass is 849 g/mol. The van der Waals surface area contributed by atoms with Crippen molar-refractivity contribution in [2.24, 2.45) is 0 Å². The first-order chi connectivity index (χ1) is 29.4. The van der Waals surface area contributed by atoms with Crippen LogP contribution >= 0.6 is 0 Å². The average molecular weight is 850 g/mol. The molecule has 8 rings (SSSR count). The van der Waals surface area contributed by atoms with Crippen molar-refractivity contribution in [3.05, 3.63) is 59.8 Å². The highest BCUT2D eigenvalue weighted by Gasteiger charge is 2.49. The summed E-state index contributed by atoms with van der Waals surface area (Å²) < 4.78 is 56.5. The van der Waals surface area contributed by atoms with Gasteiger partial charge in [-0.1, -0.05) is 18.1 Å². The van der Waals surface area contributed by atoms with Crippen LogP contribution in [0, 0.1) is 18.2 Å². The van der Waals surface area contributed by atoms with E-state index < -0.39 is 47.0 Å². The number of amides is 2. The largest absolute Gasteiger partial charge is 0.475 e. The number of aromatic nitrogens is 5. The van der Waals surface area contributed by atoms with Gasteiger partial charge in [-0.05, 0) is 91.4 Å². The van der Waals surface area contributed by atoms with Gasteiger partial charge in [0, 0.05) is 47.6 Å². The van der Waals surface area contributed by atoms with Crippen LogP contribution in [0.2, 0.25) is 0 Å². The molecular formula is C45H49F2N9O6. The highest BCUT2D eigenvalue weighted by molar-refractivity contribution is 6.09. The fourth-order valence-electron chi connectivity index (χ4n) is 8.61. The molecule has 0 aliphatic carbocycles. The van der Waals surface area contributed by atoms with Gasteiger partial charge < -0.3 is 29.6 Å². The van der Waals surface area contributed by atoms with Gasteiger partial charge in [0.1, 0.15) is 58.7 Å². The number of benzene rings is 2. The number of carbonyl (C=O) groups excluding carboxylic acids is 2. The van der Waals surface area contributed by atoms with Gasteiger partial charge in [0.25, 0.3) is 0 Å². The molecule has 6 heterocycles. The van der Waals surface area contributed by atoms with Crippen molar-refractivity contribution in [1.82, 2.24) is 29.8 Å². The lowest BCUT2D eigenvalue weighted by molar-refractivity contribution is 0.0428. The van der Waals surface area contributed by atoms with Crippen LogP contribution < -0.4 is 25.0 Å². The van der Waals surface area contributed by atoms with E-state index in [1.54, 1.807) is 77.6 Å². The van der Waals surface area contributed by atoms with Crippen molar-refractivity contribution >= 4 is 51.2 Å². The first-order valence-corrected chi connectivity index (χ1v) is 20.6. The van der Waals surface area contributed by atoms with Crippen LogP contribution in [0.5, 0.6) is 11.9 Å². The second-order valence-corrected chi connectivity index (χ2v) is 17.9. The molecule has 3 aliphatic rings. The maximum absolute atomic E-state index is 17.6. The van der Waals surface area contributed by atoms with Crippen molar-refractivity contribution in [2.75, 3.05) is 48.4 Å². The first-order valence-electron chi connectivity index (χ1n) is 20.6. The van der Waals surface area contributed by atoms with Crippen LogP contribution in [0.1, 0.15) is 85.0 Å². The van der Waals surface area contributed by atoms with Gasteiger partial charge in [-0.2, -0.15) is 14.9 Å². The molecule has 5 aromatic rings. The minimum atomic E-state index is -1.03. The highest BCUT2D eigenvalue weighted by Crippen LogP contribution is 2.45. The van der Waals surface area contributed by atoms with Crippen LogP contribution in [-0.2, 0) is 9.47 Å². The Hall–Kier alpha value is -6.41. The van der Waals surface area contributed by atoms with E-state index in [0.29, 0.717) is 39.0 Å². The fourth-order valence-corrected chi connectivity index (χ4v) is 8.61. The lowest BCUT2D eigenvalue weighted by Crippen LogP contribution is -2.45. The van der Waals surface area contributed by atoms with Gasteiger partial charge in [0.2, 0.25) is 5.88 Å². The molecule has 0 spiro atoms. The Balaban J connectivity index is 1.30. The summed E-state index contributed by atoms with van der Waals surface area (Å²) in [6.45, 7) is 13.0. The smallest absolute Gasteiger partial charge is 0.425 e. The van der Waals surface area contributed by atoms with Crippen LogP contribution in [0.25, 0.3) is 32.9 Å². The quantitative estimate of drug-likeness (QED) is 0.124. The summed E-state index contributed by atoms with van der Waals surface area (Å²) in [4.78, 5) is 55.7. The number of rotatable bonds is 7. The molecule has 2 N–H and O–H groups in total. The molecule has 62 heavy (non-hydrogen) atoms. The molecule has 0 radical (unpaired) electrons.